The molecular formula is C104H112Cl2F4N20O4Sn. The van der Waals surface area contributed by atoms with E-state index < -0.39 is 29.6 Å². The molecule has 4 aliphatic rings. The van der Waals surface area contributed by atoms with E-state index in [1.165, 1.54) is 113 Å². The Hall–Kier alpha value is -12.4. The zero-order chi connectivity index (χ0) is 94.8. The largest absolute Gasteiger partial charge is 0.348 e. The molecule has 4 aromatic carbocycles. The van der Waals surface area contributed by atoms with Crippen LogP contribution in [-0.4, -0.2) is 157 Å². The number of carbonyl (C=O) groups is 2. The molecule has 12 aromatic heterocycles. The van der Waals surface area contributed by atoms with Gasteiger partial charge in [0.25, 0.3) is 0 Å². The molecule has 4 atom stereocenters. The van der Waals surface area contributed by atoms with Crippen LogP contribution in [0.5, 0.6) is 0 Å². The van der Waals surface area contributed by atoms with Crippen molar-refractivity contribution in [2.75, 3.05) is 31.1 Å². The number of hydrogen-bond acceptors (Lipinski definition) is 20. The summed E-state index contributed by atoms with van der Waals surface area (Å²) in [5.41, 5.74) is 12.5. The van der Waals surface area contributed by atoms with Crippen molar-refractivity contribution in [3.8, 4) is 34.2 Å². The predicted molar refractivity (Wildman–Crippen MR) is 528 cm³/mol. The summed E-state index contributed by atoms with van der Waals surface area (Å²) in [5, 5.41) is 7.71. The van der Waals surface area contributed by atoms with Gasteiger partial charge >= 0.3 is 136 Å². The normalized spacial score (nSPS) is 16.0. The number of ether oxygens (including phenoxy) is 2. The summed E-state index contributed by atoms with van der Waals surface area (Å²) in [7, 11) is 0. The van der Waals surface area contributed by atoms with Crippen LogP contribution in [0.3, 0.4) is 0 Å². The van der Waals surface area contributed by atoms with Gasteiger partial charge in [-0.3, -0.25) is 15.0 Å². The van der Waals surface area contributed by atoms with Crippen molar-refractivity contribution in [2.24, 2.45) is 0 Å². The first kappa shape index (κ1) is 97.2. The second kappa shape index (κ2) is 44.9. The molecule has 4 aliphatic heterocycles. The summed E-state index contributed by atoms with van der Waals surface area (Å²) in [6.07, 6.45) is 28.5. The number of imidazole rings is 2. The Balaban J connectivity index is 0.000000126. The number of rotatable bonds is 18. The van der Waals surface area contributed by atoms with Crippen LogP contribution in [0.1, 0.15) is 199 Å². The number of amides is 2. The van der Waals surface area contributed by atoms with Gasteiger partial charge in [-0.25, -0.2) is 77.0 Å². The first-order valence-electron chi connectivity index (χ1n) is 46.5. The smallest absolute Gasteiger partial charge is 0.182 e. The zero-order valence-corrected chi connectivity index (χ0v) is 81.8. The van der Waals surface area contributed by atoms with Crippen molar-refractivity contribution in [3.63, 3.8) is 0 Å². The van der Waals surface area contributed by atoms with E-state index >= 15 is 0 Å². The van der Waals surface area contributed by atoms with Crippen molar-refractivity contribution in [3.05, 3.63) is 276 Å². The Morgan fingerprint density at radius 1 is 0.422 bits per heavy atom. The van der Waals surface area contributed by atoms with E-state index in [9.17, 15) is 27.2 Å². The molecule has 20 rings (SSSR count). The molecule has 0 aliphatic carbocycles. The fourth-order valence-electron chi connectivity index (χ4n) is 18.0. The molecule has 0 spiro atoms. The van der Waals surface area contributed by atoms with Gasteiger partial charge in [-0.1, -0.05) is 41.4 Å². The van der Waals surface area contributed by atoms with Gasteiger partial charge in [0.2, 0.25) is 0 Å². The summed E-state index contributed by atoms with van der Waals surface area (Å²) < 4.78 is 71.7. The van der Waals surface area contributed by atoms with Crippen LogP contribution in [0.4, 0.5) is 33.0 Å². The average Bonchev–Trinajstić information content (AvgIpc) is 1.67. The van der Waals surface area contributed by atoms with E-state index in [0.29, 0.717) is 79.7 Å². The molecule has 3 N–H and O–H groups in total. The second-order valence-electron chi connectivity index (χ2n) is 36.2. The van der Waals surface area contributed by atoms with E-state index in [-0.39, 0.29) is 53.6 Å². The van der Waals surface area contributed by atoms with E-state index in [1.807, 2.05) is 114 Å². The Morgan fingerprint density at radius 2 is 0.830 bits per heavy atom. The van der Waals surface area contributed by atoms with Crippen LogP contribution in [0.25, 0.3) is 100 Å². The molecule has 135 heavy (non-hydrogen) atoms. The maximum atomic E-state index is 13.9. The molecule has 0 saturated carbocycles. The van der Waals surface area contributed by atoms with Gasteiger partial charge in [0, 0.05) is 107 Å². The van der Waals surface area contributed by atoms with Gasteiger partial charge < -0.3 is 39.5 Å². The number of anilines is 1. The Labute approximate surface area is 797 Å². The van der Waals surface area contributed by atoms with E-state index in [2.05, 4.69) is 121 Å². The number of hydrogen-bond donors (Lipinski definition) is 3. The van der Waals surface area contributed by atoms with Crippen molar-refractivity contribution < 1.29 is 36.6 Å². The Morgan fingerprint density at radius 3 is 1.27 bits per heavy atom. The third-order valence-electron chi connectivity index (χ3n) is 24.3. The first-order chi connectivity index (χ1) is 65.3. The third kappa shape index (κ3) is 24.3. The van der Waals surface area contributed by atoms with Crippen molar-refractivity contribution in [2.45, 2.75) is 201 Å². The second-order valence-corrected chi connectivity index (χ2v) is 49.9. The number of nitrogens with zero attached hydrogens (tertiary/aromatic N) is 17. The number of pyridine rings is 8. The molecule has 2 amide bonds. The van der Waals surface area contributed by atoms with Crippen LogP contribution in [-0.2, 0) is 9.47 Å². The fraction of sp³-hybridized carbons (Fsp3) is 0.346. The van der Waals surface area contributed by atoms with Crippen LogP contribution in [0.15, 0.2) is 220 Å². The van der Waals surface area contributed by atoms with Crippen LogP contribution in [0.2, 0.25) is 23.6 Å². The third-order valence-corrected chi connectivity index (χ3v) is 40.1. The average molecular weight is 1970 g/mol. The SMILES string of the molecule is CC(C)(C)OC(=O)N1CCCC1c1cc2ccc(F)cc2nc1-c1ccccn1.CC(C)(C)OC(=O)N1CCCC1c1cc2ccc(F)cc2nc1Cl.CCC[CH2][Sn]([CH2]CCC)([CH2]CCC)[c]1ccccn1.Clc1ncnc2nc[nH]c12.Fc1ccc2cc(C3CCCN3)c(-c3ccccn3)nc2c1.Fc1ccc2cc(C3CCCN3c3ncnc4nc[nH]c34)c(-c3ccccn3)nc2c1. The molecule has 24 nitrogen and oxygen atoms in total. The molecule has 4 fully saturated rings. The number of fused-ring (bicyclic) bond motifs is 6. The molecule has 4 saturated heterocycles. The van der Waals surface area contributed by atoms with Crippen molar-refractivity contribution >= 4 is 129 Å². The molecule has 0 bridgehead atoms. The Bertz CT molecular complexity index is 6700. The standard InChI is InChI=1S/C23H18FN7.C23H24FN3O2.C18H20ClFN2O2.C18H16FN3.C5H3ClN4.C5H4N.3C4H9.Sn/c24-15-7-6-14-10-16(20(30-18(14)11-15)17-4-1-2-8-25-17)19-5-3-9-31(19)23-21-22(27-12-26-21)28-13-29-23;1-23(2,3)29-22(28)27-12-6-8-20(27)17-13-15-9-10-16(24)14-19(15)26-21(17)18-7-4-5-11-25-18;1-18(2,3)24-17(23)22-8-4-5-15(22)13-9-11-6-7-12(20)10-14(11)21-16(13)19;19-13-7-6-12-10-14(15-5-3-9-20-15)18(22-17(12)11-13)16-4-1-2-8-21-16;6-4-3-5(9-1-7-3)10-2-8-4;1-2-4-6-5-3-1;3*1-3-4-2;/h1-2,4,6-8,10-13,19H,3,5,9H2,(H,26,27,28,29);4-5,7,9-11,13-14,20H,6,8,12H2,1-3H3;6-7,9-10,15H,4-5,8H2,1-3H3;1-2,4,6-8,10-11,15,20H,3,5,9H2;1-2H,(H,7,8,9,10);1-4H;3*1,3-4H2,2H3;. The topological polar surface area (TPSA) is 286 Å². The van der Waals surface area contributed by atoms with Gasteiger partial charge in [-0.05, 0) is 214 Å². The summed E-state index contributed by atoms with van der Waals surface area (Å²) in [6.45, 7) is 21.2. The minimum absolute atomic E-state index is 0.0559. The number of nitrogens with one attached hydrogen (secondary N) is 3. The molecule has 31 heteroatoms. The van der Waals surface area contributed by atoms with Crippen molar-refractivity contribution in [1.29, 1.82) is 0 Å². The predicted octanol–water partition coefficient (Wildman–Crippen LogP) is 25.1. The number of aromatic amines is 2. The molecule has 4 unspecified atom stereocenters. The summed E-state index contributed by atoms with van der Waals surface area (Å²) in [5.74, 6) is -0.421. The van der Waals surface area contributed by atoms with E-state index in [1.54, 1.807) is 69.0 Å². The van der Waals surface area contributed by atoms with Crippen LogP contribution >= 0.6 is 23.2 Å². The van der Waals surface area contributed by atoms with Gasteiger partial charge in [0.1, 0.15) is 63.3 Å². The van der Waals surface area contributed by atoms with Gasteiger partial charge in [-0.15, -0.1) is 0 Å². The fourth-order valence-corrected chi connectivity index (χ4v) is 33.9. The maximum Gasteiger partial charge on any atom is 0.182 e. The quantitative estimate of drug-likeness (QED) is 0.0311. The van der Waals surface area contributed by atoms with Gasteiger partial charge in [-0.2, -0.15) is 0 Å². The monoisotopic (exact) mass is 1970 g/mol. The van der Waals surface area contributed by atoms with E-state index in [4.69, 9.17) is 52.6 Å². The van der Waals surface area contributed by atoms with Gasteiger partial charge in [0.15, 0.2) is 22.3 Å². The summed E-state index contributed by atoms with van der Waals surface area (Å²) in [4.78, 5) is 98.4. The number of unbranched alkanes of at least 4 members (excludes halogenated alkanes) is 3. The van der Waals surface area contributed by atoms with Crippen LogP contribution in [0, 0.1) is 23.3 Å². The number of aromatic nitrogens is 16. The summed E-state index contributed by atoms with van der Waals surface area (Å²) in [6, 6.07) is 50.4. The number of likely N-dealkylation sites (tertiary alicyclic amines) is 2. The number of carbonyl (C=O) groups excluding carboxylic acids is 2. The molecule has 16 aromatic rings. The summed E-state index contributed by atoms with van der Waals surface area (Å²) >= 11 is 9.80. The molecule has 698 valence electrons. The Kier molecular flexibility index (Phi) is 32.3. The molecular weight excluding hydrogens is 1860 g/mol. The number of benzene rings is 4. The minimum atomic E-state index is -2.21. The molecule has 0 radical (unpaired) electrons. The van der Waals surface area contributed by atoms with Crippen molar-refractivity contribution in [1.82, 2.24) is 94.9 Å². The minimum Gasteiger partial charge on any atom is -0.348 e. The number of halogens is 6. The maximum absolute atomic E-state index is 13.9. The van der Waals surface area contributed by atoms with E-state index in [0.717, 1.165) is 142 Å². The van der Waals surface area contributed by atoms with Crippen LogP contribution < -0.4 is 13.9 Å². The zero-order valence-electron chi connectivity index (χ0n) is 77.4. The molecule has 16 heterocycles. The first-order valence-corrected chi connectivity index (χ1v) is 54.7. The van der Waals surface area contributed by atoms with Gasteiger partial charge in [0.05, 0.1) is 87.0 Å². The number of H-pyrrole nitrogens is 2.